The van der Waals surface area contributed by atoms with Gasteiger partial charge in [0, 0.05) is 36.4 Å². The smallest absolute Gasteiger partial charge is 0.255 e. The minimum Gasteiger partial charge on any atom is -0.330 e. The van der Waals surface area contributed by atoms with Gasteiger partial charge < -0.3 is 16.0 Å². The summed E-state index contributed by atoms with van der Waals surface area (Å²) in [5.74, 6) is -0.262. The van der Waals surface area contributed by atoms with Gasteiger partial charge in [0.05, 0.1) is 0 Å². The molecule has 5 heteroatoms. The van der Waals surface area contributed by atoms with Crippen LogP contribution < -0.4 is 11.1 Å². The summed E-state index contributed by atoms with van der Waals surface area (Å²) in [5, 5.41) is 3.08. The third-order valence-electron chi connectivity index (χ3n) is 7.53. The summed E-state index contributed by atoms with van der Waals surface area (Å²) in [6.45, 7) is 14.1. The lowest BCUT2D eigenvalue weighted by Crippen LogP contribution is -2.31. The predicted molar refractivity (Wildman–Crippen MR) is 173 cm³/mol. The van der Waals surface area contributed by atoms with E-state index in [0.717, 1.165) is 16.7 Å². The van der Waals surface area contributed by atoms with Crippen LogP contribution in [-0.2, 0) is 30.5 Å². The van der Waals surface area contributed by atoms with Gasteiger partial charge in [-0.05, 0) is 69.0 Å². The van der Waals surface area contributed by atoms with Crippen LogP contribution in [0.3, 0.4) is 0 Å². The summed E-state index contributed by atoms with van der Waals surface area (Å²) in [7, 11) is 0. The van der Waals surface area contributed by atoms with Crippen LogP contribution in [-0.4, -0.2) is 16.7 Å². The van der Waals surface area contributed by atoms with Gasteiger partial charge in [-0.15, -0.1) is 0 Å². The highest BCUT2D eigenvalue weighted by Gasteiger charge is 2.21. The summed E-state index contributed by atoms with van der Waals surface area (Å²) in [6, 6.07) is 31.3. The van der Waals surface area contributed by atoms with E-state index in [-0.39, 0.29) is 22.6 Å². The van der Waals surface area contributed by atoms with Crippen LogP contribution in [0.2, 0.25) is 0 Å². The van der Waals surface area contributed by atoms with E-state index in [0.29, 0.717) is 36.4 Å². The molecule has 0 spiro atoms. The molecule has 0 aliphatic rings. The van der Waals surface area contributed by atoms with E-state index in [1.165, 1.54) is 11.1 Å². The molecule has 0 atom stereocenters. The monoisotopic (exact) mass is 561 g/mol. The van der Waals surface area contributed by atoms with E-state index >= 15 is 0 Å². The lowest BCUT2D eigenvalue weighted by atomic mass is 9.86. The Morgan fingerprint density at radius 2 is 1.21 bits per heavy atom. The zero-order valence-corrected chi connectivity index (χ0v) is 25.7. The molecule has 0 bridgehead atoms. The summed E-state index contributed by atoms with van der Waals surface area (Å²) in [5.41, 5.74) is 13.0. The molecule has 2 amide bonds. The standard InChI is InChI=1S/C37H43N3O2/c1-36(2,3)31-18-14-28(15-19-31)34(41)39-33-13-8-7-12-30(33)25-40(24-27-11-9-10-26(22-27)23-38)35(42)29-16-20-32(21-17-29)37(4,5)6/h7-22H,23-25,38H2,1-6H3,(H,39,41). The highest BCUT2D eigenvalue weighted by Crippen LogP contribution is 2.26. The van der Waals surface area contributed by atoms with Crippen molar-refractivity contribution in [3.8, 4) is 0 Å². The Labute approximate surface area is 250 Å². The summed E-state index contributed by atoms with van der Waals surface area (Å²) in [6.07, 6.45) is 0. The van der Waals surface area contributed by atoms with Crippen molar-refractivity contribution in [2.24, 2.45) is 5.73 Å². The minimum atomic E-state index is -0.186. The van der Waals surface area contributed by atoms with Gasteiger partial charge in [-0.3, -0.25) is 9.59 Å². The molecule has 0 aliphatic heterocycles. The van der Waals surface area contributed by atoms with Crippen LogP contribution in [0.1, 0.15) is 90.1 Å². The van der Waals surface area contributed by atoms with Crippen LogP contribution >= 0.6 is 0 Å². The first-order valence-electron chi connectivity index (χ1n) is 14.5. The summed E-state index contributed by atoms with van der Waals surface area (Å²) in [4.78, 5) is 29.0. The molecule has 218 valence electrons. The molecule has 4 rings (SSSR count). The third kappa shape index (κ3) is 7.74. The minimum absolute atomic E-state index is 0.00581. The second-order valence-electron chi connectivity index (χ2n) is 13.0. The van der Waals surface area contributed by atoms with Crippen LogP contribution in [0, 0.1) is 0 Å². The molecular formula is C37H43N3O2. The normalized spacial score (nSPS) is 11.7. The van der Waals surface area contributed by atoms with Crippen molar-refractivity contribution in [2.75, 3.05) is 5.32 Å². The number of benzene rings is 4. The van der Waals surface area contributed by atoms with Crippen molar-refractivity contribution in [3.63, 3.8) is 0 Å². The lowest BCUT2D eigenvalue weighted by Gasteiger charge is -2.25. The van der Waals surface area contributed by atoms with Crippen LogP contribution in [0.25, 0.3) is 0 Å². The first-order valence-corrected chi connectivity index (χ1v) is 14.5. The SMILES string of the molecule is CC(C)(C)c1ccc(C(=O)Nc2ccccc2CN(Cc2cccc(CN)c2)C(=O)c2ccc(C(C)(C)C)cc2)cc1. The van der Waals surface area contributed by atoms with E-state index in [9.17, 15) is 9.59 Å². The first-order chi connectivity index (χ1) is 19.8. The van der Waals surface area contributed by atoms with E-state index < -0.39 is 0 Å². The Bertz CT molecular complexity index is 1530. The molecule has 0 fully saturated rings. The van der Waals surface area contributed by atoms with Gasteiger partial charge in [-0.25, -0.2) is 0 Å². The molecular weight excluding hydrogens is 518 g/mol. The largest absolute Gasteiger partial charge is 0.330 e. The van der Waals surface area contributed by atoms with E-state index in [4.69, 9.17) is 5.73 Å². The third-order valence-corrected chi connectivity index (χ3v) is 7.53. The molecule has 0 saturated carbocycles. The highest BCUT2D eigenvalue weighted by molar-refractivity contribution is 6.04. The fourth-order valence-electron chi connectivity index (χ4n) is 4.87. The van der Waals surface area contributed by atoms with Gasteiger partial charge in [0.25, 0.3) is 11.8 Å². The van der Waals surface area contributed by atoms with Crippen LogP contribution in [0.4, 0.5) is 5.69 Å². The van der Waals surface area contributed by atoms with Gasteiger partial charge >= 0.3 is 0 Å². The highest BCUT2D eigenvalue weighted by atomic mass is 16.2. The van der Waals surface area contributed by atoms with Gasteiger partial charge in [0.2, 0.25) is 0 Å². The number of amides is 2. The van der Waals surface area contributed by atoms with Crippen molar-refractivity contribution in [1.29, 1.82) is 0 Å². The molecule has 42 heavy (non-hydrogen) atoms. The number of nitrogens with zero attached hydrogens (tertiary/aromatic N) is 1. The van der Waals surface area contributed by atoms with Crippen molar-refractivity contribution >= 4 is 17.5 Å². The van der Waals surface area contributed by atoms with E-state index in [1.54, 1.807) is 0 Å². The molecule has 3 N–H and O–H groups in total. The first kappa shape index (κ1) is 30.7. The topological polar surface area (TPSA) is 75.4 Å². The second kappa shape index (κ2) is 12.7. The Kier molecular flexibility index (Phi) is 9.33. The number of para-hydroxylation sites is 1. The number of rotatable bonds is 8. The molecule has 0 unspecified atom stereocenters. The zero-order valence-electron chi connectivity index (χ0n) is 25.7. The van der Waals surface area contributed by atoms with Crippen molar-refractivity contribution in [1.82, 2.24) is 4.90 Å². The van der Waals surface area contributed by atoms with Crippen molar-refractivity contribution in [2.45, 2.75) is 72.0 Å². The Balaban J connectivity index is 1.62. The van der Waals surface area contributed by atoms with Gasteiger partial charge in [-0.1, -0.05) is 108 Å². The molecule has 0 aromatic heterocycles. The quantitative estimate of drug-likeness (QED) is 0.230. The molecule has 4 aromatic rings. The Hall–Kier alpha value is -4.22. The summed E-state index contributed by atoms with van der Waals surface area (Å²) < 4.78 is 0. The lowest BCUT2D eigenvalue weighted by molar-refractivity contribution is 0.0730. The van der Waals surface area contributed by atoms with E-state index in [2.05, 4.69) is 46.9 Å². The number of nitrogens with one attached hydrogen (secondary N) is 1. The Morgan fingerprint density at radius 3 is 1.79 bits per heavy atom. The van der Waals surface area contributed by atoms with Crippen molar-refractivity contribution < 1.29 is 9.59 Å². The summed E-state index contributed by atoms with van der Waals surface area (Å²) >= 11 is 0. The van der Waals surface area contributed by atoms with Gasteiger partial charge in [-0.2, -0.15) is 0 Å². The maximum Gasteiger partial charge on any atom is 0.255 e. The number of nitrogens with two attached hydrogens (primary N) is 1. The molecule has 0 saturated heterocycles. The van der Waals surface area contributed by atoms with Gasteiger partial charge in [0.1, 0.15) is 0 Å². The number of carbonyl (C=O) groups excluding carboxylic acids is 2. The van der Waals surface area contributed by atoms with Crippen LogP contribution in [0.5, 0.6) is 0 Å². The zero-order chi connectivity index (χ0) is 30.5. The van der Waals surface area contributed by atoms with E-state index in [1.807, 2.05) is 102 Å². The van der Waals surface area contributed by atoms with Gasteiger partial charge in [0.15, 0.2) is 0 Å². The van der Waals surface area contributed by atoms with Crippen molar-refractivity contribution in [3.05, 3.63) is 136 Å². The fraction of sp³-hybridized carbons (Fsp3) is 0.297. The maximum atomic E-state index is 14.0. The fourth-order valence-corrected chi connectivity index (χ4v) is 4.87. The second-order valence-corrected chi connectivity index (χ2v) is 13.0. The Morgan fingerprint density at radius 1 is 0.667 bits per heavy atom. The molecule has 5 nitrogen and oxygen atoms in total. The van der Waals surface area contributed by atoms with Crippen LogP contribution in [0.15, 0.2) is 97.1 Å². The number of carbonyl (C=O) groups is 2. The predicted octanol–water partition coefficient (Wildman–Crippen LogP) is 7.84. The molecule has 0 heterocycles. The number of hydrogen-bond acceptors (Lipinski definition) is 3. The average molecular weight is 562 g/mol. The molecule has 4 aromatic carbocycles. The maximum absolute atomic E-state index is 14.0. The molecule has 0 aliphatic carbocycles. The number of hydrogen-bond donors (Lipinski definition) is 2. The number of anilines is 1. The average Bonchev–Trinajstić information content (AvgIpc) is 2.96. The molecule has 0 radical (unpaired) electrons.